The van der Waals surface area contributed by atoms with Crippen molar-refractivity contribution >= 4 is 17.7 Å². The minimum absolute atomic E-state index is 0.170. The van der Waals surface area contributed by atoms with Gasteiger partial charge in [0.15, 0.2) is 0 Å². The topological polar surface area (TPSA) is 67.4 Å². The Labute approximate surface area is 135 Å². The second-order valence-electron chi connectivity index (χ2n) is 5.02. The van der Waals surface area contributed by atoms with Crippen molar-refractivity contribution in [1.82, 2.24) is 5.32 Å². The largest absolute Gasteiger partial charge is 0.445 e. The van der Waals surface area contributed by atoms with E-state index < -0.39 is 12.1 Å². The van der Waals surface area contributed by atoms with Gasteiger partial charge >= 0.3 is 6.09 Å². The van der Waals surface area contributed by atoms with Crippen LogP contribution in [0.3, 0.4) is 0 Å². The lowest BCUT2D eigenvalue weighted by atomic mass is 10.2. The highest BCUT2D eigenvalue weighted by atomic mass is 16.5. The van der Waals surface area contributed by atoms with Gasteiger partial charge in [-0.3, -0.25) is 4.79 Å². The predicted molar refractivity (Wildman–Crippen MR) is 88.9 cm³/mol. The van der Waals surface area contributed by atoms with Gasteiger partial charge in [-0.1, -0.05) is 55.5 Å². The third-order valence-corrected chi connectivity index (χ3v) is 3.27. The average Bonchev–Trinajstić information content (AvgIpc) is 2.59. The fraction of sp³-hybridized carbons (Fsp3) is 0.222. The van der Waals surface area contributed by atoms with Crippen molar-refractivity contribution in [3.05, 3.63) is 66.2 Å². The van der Waals surface area contributed by atoms with Crippen LogP contribution in [0.5, 0.6) is 0 Å². The molecule has 0 fully saturated rings. The summed E-state index contributed by atoms with van der Waals surface area (Å²) in [4.78, 5) is 24.0. The van der Waals surface area contributed by atoms with Gasteiger partial charge < -0.3 is 15.4 Å². The molecule has 0 bridgehead atoms. The number of hydrogen-bond donors (Lipinski definition) is 2. The summed E-state index contributed by atoms with van der Waals surface area (Å²) in [7, 11) is 0. The molecule has 0 heterocycles. The van der Waals surface area contributed by atoms with Crippen LogP contribution in [-0.4, -0.2) is 18.0 Å². The van der Waals surface area contributed by atoms with E-state index in [0.29, 0.717) is 12.1 Å². The van der Waals surface area contributed by atoms with Gasteiger partial charge in [0.2, 0.25) is 5.91 Å². The Morgan fingerprint density at radius 1 is 1.00 bits per heavy atom. The summed E-state index contributed by atoms with van der Waals surface area (Å²) in [6.45, 7) is 2.00. The maximum absolute atomic E-state index is 12.2. The first-order chi connectivity index (χ1) is 11.2. The average molecular weight is 312 g/mol. The molecule has 0 spiro atoms. The number of ether oxygens (including phenoxy) is 1. The molecular weight excluding hydrogens is 292 g/mol. The van der Waals surface area contributed by atoms with Crippen molar-refractivity contribution in [2.75, 3.05) is 5.32 Å². The highest BCUT2D eigenvalue weighted by Gasteiger charge is 2.19. The molecule has 0 aliphatic rings. The summed E-state index contributed by atoms with van der Waals surface area (Å²) in [5.74, 6) is -0.268. The molecule has 0 aliphatic carbocycles. The lowest BCUT2D eigenvalue weighted by Gasteiger charge is -2.16. The molecule has 5 nitrogen and oxygen atoms in total. The van der Waals surface area contributed by atoms with Crippen LogP contribution in [0.15, 0.2) is 60.7 Å². The molecular formula is C18H20N2O3. The van der Waals surface area contributed by atoms with Crippen LogP contribution in [0.1, 0.15) is 18.9 Å². The highest BCUT2D eigenvalue weighted by Crippen LogP contribution is 2.07. The first-order valence-electron chi connectivity index (χ1n) is 7.52. The maximum Gasteiger partial charge on any atom is 0.408 e. The number of nitrogens with one attached hydrogen (secondary N) is 2. The van der Waals surface area contributed by atoms with Crippen LogP contribution < -0.4 is 10.6 Å². The summed E-state index contributed by atoms with van der Waals surface area (Å²) >= 11 is 0. The summed E-state index contributed by atoms with van der Waals surface area (Å²) in [6.07, 6.45) is -0.136. The number of para-hydroxylation sites is 1. The van der Waals surface area contributed by atoms with Gasteiger partial charge in [-0.15, -0.1) is 0 Å². The highest BCUT2D eigenvalue weighted by molar-refractivity contribution is 5.96. The van der Waals surface area contributed by atoms with Crippen molar-refractivity contribution in [3.8, 4) is 0 Å². The summed E-state index contributed by atoms with van der Waals surface area (Å²) in [5.41, 5.74) is 1.58. The number of amides is 2. The van der Waals surface area contributed by atoms with E-state index in [9.17, 15) is 9.59 Å². The van der Waals surface area contributed by atoms with E-state index in [1.165, 1.54) is 0 Å². The van der Waals surface area contributed by atoms with Gasteiger partial charge in [0.1, 0.15) is 12.6 Å². The van der Waals surface area contributed by atoms with E-state index in [1.54, 1.807) is 12.1 Å². The Morgan fingerprint density at radius 3 is 2.22 bits per heavy atom. The van der Waals surface area contributed by atoms with Gasteiger partial charge in [0.05, 0.1) is 0 Å². The summed E-state index contributed by atoms with van der Waals surface area (Å²) in [6, 6.07) is 17.8. The normalized spacial score (nSPS) is 11.3. The Hall–Kier alpha value is -2.82. The number of alkyl carbamates (subject to hydrolysis) is 1. The number of benzene rings is 2. The van der Waals surface area contributed by atoms with Crippen LogP contribution in [-0.2, 0) is 16.1 Å². The Kier molecular flexibility index (Phi) is 6.17. The van der Waals surface area contributed by atoms with Gasteiger partial charge in [0, 0.05) is 5.69 Å². The van der Waals surface area contributed by atoms with E-state index >= 15 is 0 Å². The zero-order valence-electron chi connectivity index (χ0n) is 13.0. The van der Waals surface area contributed by atoms with Crippen molar-refractivity contribution < 1.29 is 14.3 Å². The third-order valence-electron chi connectivity index (χ3n) is 3.27. The van der Waals surface area contributed by atoms with Crippen molar-refractivity contribution in [2.45, 2.75) is 26.0 Å². The number of anilines is 1. The zero-order chi connectivity index (χ0) is 16.5. The fourth-order valence-corrected chi connectivity index (χ4v) is 2.01. The molecule has 1 atom stereocenters. The van der Waals surface area contributed by atoms with Crippen molar-refractivity contribution in [3.63, 3.8) is 0 Å². The molecule has 0 aliphatic heterocycles. The van der Waals surface area contributed by atoms with Crippen molar-refractivity contribution in [1.29, 1.82) is 0 Å². The molecule has 2 aromatic carbocycles. The summed E-state index contributed by atoms with van der Waals surface area (Å²) in [5, 5.41) is 5.35. The van der Waals surface area contributed by atoms with E-state index in [1.807, 2.05) is 55.5 Å². The molecule has 2 amide bonds. The Morgan fingerprint density at radius 2 is 1.61 bits per heavy atom. The predicted octanol–water partition coefficient (Wildman–Crippen LogP) is 3.33. The number of hydrogen-bond acceptors (Lipinski definition) is 3. The van der Waals surface area contributed by atoms with E-state index in [4.69, 9.17) is 4.74 Å². The molecule has 2 rings (SSSR count). The van der Waals surface area contributed by atoms with Crippen LogP contribution in [0.2, 0.25) is 0 Å². The Bertz CT molecular complexity index is 629. The van der Waals surface area contributed by atoms with Crippen LogP contribution in [0.4, 0.5) is 10.5 Å². The quantitative estimate of drug-likeness (QED) is 0.859. The van der Waals surface area contributed by atoms with Gasteiger partial charge in [0.25, 0.3) is 0 Å². The van der Waals surface area contributed by atoms with Gasteiger partial charge in [-0.05, 0) is 24.1 Å². The zero-order valence-corrected chi connectivity index (χ0v) is 13.0. The van der Waals surface area contributed by atoms with E-state index in [0.717, 1.165) is 5.56 Å². The molecule has 5 heteroatoms. The fourth-order valence-electron chi connectivity index (χ4n) is 2.01. The third kappa shape index (κ3) is 5.47. The molecule has 2 N–H and O–H groups in total. The second kappa shape index (κ2) is 8.58. The molecule has 0 saturated carbocycles. The van der Waals surface area contributed by atoms with E-state index in [2.05, 4.69) is 10.6 Å². The molecule has 0 aromatic heterocycles. The smallest absolute Gasteiger partial charge is 0.408 e. The molecule has 2 aromatic rings. The molecule has 0 radical (unpaired) electrons. The maximum atomic E-state index is 12.2. The second-order valence-corrected chi connectivity index (χ2v) is 5.02. The number of carbonyl (C=O) groups is 2. The van der Waals surface area contributed by atoms with Gasteiger partial charge in [-0.2, -0.15) is 0 Å². The van der Waals surface area contributed by atoms with Gasteiger partial charge in [-0.25, -0.2) is 4.79 Å². The lowest BCUT2D eigenvalue weighted by Crippen LogP contribution is -2.43. The first-order valence-corrected chi connectivity index (χ1v) is 7.52. The number of carbonyl (C=O) groups excluding carboxylic acids is 2. The minimum atomic E-state index is -0.640. The first kappa shape index (κ1) is 16.5. The Balaban J connectivity index is 1.83. The minimum Gasteiger partial charge on any atom is -0.445 e. The van der Waals surface area contributed by atoms with E-state index in [-0.39, 0.29) is 12.5 Å². The van der Waals surface area contributed by atoms with Crippen LogP contribution in [0, 0.1) is 0 Å². The molecule has 120 valence electrons. The van der Waals surface area contributed by atoms with Crippen molar-refractivity contribution in [2.24, 2.45) is 0 Å². The molecule has 23 heavy (non-hydrogen) atoms. The molecule has 0 saturated heterocycles. The lowest BCUT2D eigenvalue weighted by molar-refractivity contribution is -0.118. The summed E-state index contributed by atoms with van der Waals surface area (Å²) < 4.78 is 5.13. The number of rotatable bonds is 6. The molecule has 0 unspecified atom stereocenters. The SMILES string of the molecule is CC[C@H](NC(=O)OCc1ccccc1)C(=O)Nc1ccccc1. The standard InChI is InChI=1S/C18H20N2O3/c1-2-16(17(21)19-15-11-7-4-8-12-15)20-18(22)23-13-14-9-5-3-6-10-14/h3-12,16H,2,13H2,1H3,(H,19,21)(H,20,22)/t16-/m0/s1. The van der Waals surface area contributed by atoms with Crippen LogP contribution in [0.25, 0.3) is 0 Å². The van der Waals surface area contributed by atoms with Crippen LogP contribution >= 0.6 is 0 Å². The monoisotopic (exact) mass is 312 g/mol.